The summed E-state index contributed by atoms with van der Waals surface area (Å²) in [4.78, 5) is 16.1. The van der Waals surface area contributed by atoms with Gasteiger partial charge in [-0.25, -0.2) is 0 Å². The number of nitrogens with one attached hydrogen (secondary N) is 2. The van der Waals surface area contributed by atoms with Crippen LogP contribution in [-0.4, -0.2) is 23.5 Å². The van der Waals surface area contributed by atoms with Gasteiger partial charge in [0.05, 0.1) is 17.3 Å². The first-order valence-corrected chi connectivity index (χ1v) is 6.56. The van der Waals surface area contributed by atoms with Gasteiger partial charge in [0.25, 0.3) is 0 Å². The van der Waals surface area contributed by atoms with Crippen LogP contribution in [0.25, 0.3) is 10.9 Å². The summed E-state index contributed by atoms with van der Waals surface area (Å²) >= 11 is 0. The minimum atomic E-state index is -0.215. The lowest BCUT2D eigenvalue weighted by Gasteiger charge is -2.13. The fraction of sp³-hybridized carbons (Fsp3) is 0.333. The molecule has 2 aromatic rings. The van der Waals surface area contributed by atoms with E-state index in [1.165, 1.54) is 0 Å². The molecule has 1 unspecified atom stereocenters. The lowest BCUT2D eigenvalue weighted by Crippen LogP contribution is -2.41. The molecule has 1 amide bonds. The predicted molar refractivity (Wildman–Crippen MR) is 76.7 cm³/mol. The Hall–Kier alpha value is -1.94. The molecule has 0 fully saturated rings. The molecule has 0 aliphatic heterocycles. The van der Waals surface area contributed by atoms with Crippen LogP contribution >= 0.6 is 0 Å². The highest BCUT2D eigenvalue weighted by Gasteiger charge is 2.10. The third-order valence-corrected chi connectivity index (χ3v) is 2.99. The highest BCUT2D eigenvalue weighted by atomic mass is 16.2. The van der Waals surface area contributed by atoms with Crippen molar-refractivity contribution in [3.8, 4) is 0 Å². The monoisotopic (exact) mass is 257 g/mol. The van der Waals surface area contributed by atoms with Gasteiger partial charge in [-0.2, -0.15) is 0 Å². The fourth-order valence-corrected chi connectivity index (χ4v) is 1.88. The first-order chi connectivity index (χ1) is 9.20. The molecule has 0 saturated carbocycles. The molecule has 100 valence electrons. The molecule has 4 heteroatoms. The number of aromatic nitrogens is 1. The van der Waals surface area contributed by atoms with Gasteiger partial charge < -0.3 is 10.6 Å². The van der Waals surface area contributed by atoms with Gasteiger partial charge in [0, 0.05) is 18.5 Å². The maximum Gasteiger partial charge on any atom is 0.236 e. The van der Waals surface area contributed by atoms with Gasteiger partial charge in [-0.3, -0.25) is 9.78 Å². The lowest BCUT2D eigenvalue weighted by atomic mass is 10.2. The number of hydrogen-bond donors (Lipinski definition) is 2. The third-order valence-electron chi connectivity index (χ3n) is 2.99. The summed E-state index contributed by atoms with van der Waals surface area (Å²) in [6.45, 7) is 5.00. The van der Waals surface area contributed by atoms with Gasteiger partial charge in [-0.1, -0.05) is 24.3 Å². The summed E-state index contributed by atoms with van der Waals surface area (Å²) < 4.78 is 0. The summed E-state index contributed by atoms with van der Waals surface area (Å²) in [5.74, 6) is 0.0169. The van der Waals surface area contributed by atoms with E-state index < -0.39 is 0 Å². The zero-order valence-electron chi connectivity index (χ0n) is 11.3. The molecule has 0 spiro atoms. The van der Waals surface area contributed by atoms with E-state index in [1.54, 1.807) is 0 Å². The normalized spacial score (nSPS) is 12.3. The van der Waals surface area contributed by atoms with Crippen LogP contribution in [0.1, 0.15) is 19.5 Å². The molecular weight excluding hydrogens is 238 g/mol. The molecule has 2 N–H and O–H groups in total. The van der Waals surface area contributed by atoms with Gasteiger partial charge in [-0.15, -0.1) is 0 Å². The molecule has 4 nitrogen and oxygen atoms in total. The van der Waals surface area contributed by atoms with Crippen LogP contribution in [0.4, 0.5) is 0 Å². The third kappa shape index (κ3) is 3.51. The van der Waals surface area contributed by atoms with Crippen molar-refractivity contribution in [2.24, 2.45) is 0 Å². The number of amides is 1. The molecule has 19 heavy (non-hydrogen) atoms. The molecule has 0 bridgehead atoms. The second-order valence-electron chi connectivity index (χ2n) is 4.49. The Labute approximate surface area is 113 Å². The van der Waals surface area contributed by atoms with E-state index in [0.717, 1.165) is 16.6 Å². The quantitative estimate of drug-likeness (QED) is 0.859. The summed E-state index contributed by atoms with van der Waals surface area (Å²) in [6.07, 6.45) is 0. The van der Waals surface area contributed by atoms with E-state index in [-0.39, 0.29) is 11.9 Å². The van der Waals surface area contributed by atoms with Gasteiger partial charge in [-0.05, 0) is 26.0 Å². The summed E-state index contributed by atoms with van der Waals surface area (Å²) in [5.41, 5.74) is 1.92. The molecule has 1 aromatic carbocycles. The van der Waals surface area contributed by atoms with Crippen LogP contribution in [0, 0.1) is 0 Å². The molecule has 0 radical (unpaired) electrons. The van der Waals surface area contributed by atoms with E-state index in [2.05, 4.69) is 21.7 Å². The van der Waals surface area contributed by atoms with E-state index in [1.807, 2.05) is 44.2 Å². The Morgan fingerprint density at radius 3 is 2.84 bits per heavy atom. The minimum absolute atomic E-state index is 0.0169. The Kier molecular flexibility index (Phi) is 4.47. The van der Waals surface area contributed by atoms with Crippen molar-refractivity contribution in [3.63, 3.8) is 0 Å². The molecule has 1 atom stereocenters. The van der Waals surface area contributed by atoms with Crippen molar-refractivity contribution in [2.45, 2.75) is 26.4 Å². The van der Waals surface area contributed by atoms with Crippen LogP contribution < -0.4 is 10.6 Å². The van der Waals surface area contributed by atoms with Crippen LogP contribution in [0.15, 0.2) is 36.4 Å². The van der Waals surface area contributed by atoms with Gasteiger partial charge in [0.2, 0.25) is 5.91 Å². The molecule has 1 heterocycles. The zero-order chi connectivity index (χ0) is 13.7. The molecule has 0 aliphatic rings. The number of pyridine rings is 1. The molecule has 0 aliphatic carbocycles. The van der Waals surface area contributed by atoms with Crippen LogP contribution in [0.3, 0.4) is 0 Å². The second kappa shape index (κ2) is 6.29. The Morgan fingerprint density at radius 2 is 2.05 bits per heavy atom. The summed E-state index contributed by atoms with van der Waals surface area (Å²) in [7, 11) is 0. The maximum absolute atomic E-state index is 11.6. The van der Waals surface area contributed by atoms with Crippen molar-refractivity contribution in [3.05, 3.63) is 42.1 Å². The first kappa shape index (κ1) is 13.5. The second-order valence-corrected chi connectivity index (χ2v) is 4.49. The van der Waals surface area contributed by atoms with Crippen LogP contribution in [-0.2, 0) is 11.3 Å². The Balaban J connectivity index is 1.99. The SMILES string of the molecule is CCNC(=O)C(C)NCc1ccc2ccccc2n1. The van der Waals surface area contributed by atoms with Crippen molar-refractivity contribution >= 4 is 16.8 Å². The standard InChI is InChI=1S/C15H19N3O/c1-3-16-15(19)11(2)17-10-13-9-8-12-6-4-5-7-14(12)18-13/h4-9,11,17H,3,10H2,1-2H3,(H,16,19). The number of nitrogens with zero attached hydrogens (tertiary/aromatic N) is 1. The average molecular weight is 257 g/mol. The fourth-order valence-electron chi connectivity index (χ4n) is 1.88. The Bertz CT molecular complexity index is 568. The first-order valence-electron chi connectivity index (χ1n) is 6.56. The van der Waals surface area contributed by atoms with Crippen molar-refractivity contribution in [1.82, 2.24) is 15.6 Å². The number of carbonyl (C=O) groups is 1. The Morgan fingerprint density at radius 1 is 1.26 bits per heavy atom. The number of para-hydroxylation sites is 1. The van der Waals surface area contributed by atoms with Crippen LogP contribution in [0.2, 0.25) is 0 Å². The topological polar surface area (TPSA) is 54.0 Å². The number of fused-ring (bicyclic) bond motifs is 1. The van der Waals surface area contributed by atoms with Crippen molar-refractivity contribution < 1.29 is 4.79 Å². The van der Waals surface area contributed by atoms with Crippen LogP contribution in [0.5, 0.6) is 0 Å². The van der Waals surface area contributed by atoms with Gasteiger partial charge in [0.1, 0.15) is 0 Å². The van der Waals surface area contributed by atoms with Crippen molar-refractivity contribution in [1.29, 1.82) is 0 Å². The largest absolute Gasteiger partial charge is 0.355 e. The maximum atomic E-state index is 11.6. The smallest absolute Gasteiger partial charge is 0.236 e. The van der Waals surface area contributed by atoms with Gasteiger partial charge in [0.15, 0.2) is 0 Å². The van der Waals surface area contributed by atoms with E-state index in [4.69, 9.17) is 0 Å². The van der Waals surface area contributed by atoms with Crippen molar-refractivity contribution in [2.75, 3.05) is 6.54 Å². The predicted octanol–water partition coefficient (Wildman–Crippen LogP) is 1.85. The van der Waals surface area contributed by atoms with E-state index in [9.17, 15) is 4.79 Å². The zero-order valence-corrected chi connectivity index (χ0v) is 11.3. The number of hydrogen-bond acceptors (Lipinski definition) is 3. The molecule has 2 rings (SSSR count). The number of likely N-dealkylation sites (N-methyl/N-ethyl adjacent to an activating group) is 1. The number of carbonyl (C=O) groups excluding carboxylic acids is 1. The molecule has 0 saturated heterocycles. The van der Waals surface area contributed by atoms with E-state index >= 15 is 0 Å². The summed E-state index contributed by atoms with van der Waals surface area (Å²) in [6, 6.07) is 11.8. The van der Waals surface area contributed by atoms with Gasteiger partial charge >= 0.3 is 0 Å². The highest BCUT2D eigenvalue weighted by Crippen LogP contribution is 2.11. The van der Waals surface area contributed by atoms with E-state index in [0.29, 0.717) is 13.1 Å². The summed E-state index contributed by atoms with van der Waals surface area (Å²) in [5, 5.41) is 7.09. The number of benzene rings is 1. The highest BCUT2D eigenvalue weighted by molar-refractivity contribution is 5.81. The molecular formula is C15H19N3O. The lowest BCUT2D eigenvalue weighted by molar-refractivity contribution is -0.122. The number of rotatable bonds is 5. The molecule has 1 aromatic heterocycles. The minimum Gasteiger partial charge on any atom is -0.355 e. The average Bonchev–Trinajstić information content (AvgIpc) is 2.44.